The van der Waals surface area contributed by atoms with Crippen LogP contribution in [-0.2, 0) is 7.05 Å². The van der Waals surface area contributed by atoms with Gasteiger partial charge in [-0.15, -0.1) is 0 Å². The molecule has 0 spiro atoms. The maximum absolute atomic E-state index is 5.93. The van der Waals surface area contributed by atoms with Gasteiger partial charge in [0, 0.05) is 19.2 Å². The van der Waals surface area contributed by atoms with Crippen molar-refractivity contribution in [1.29, 1.82) is 0 Å². The topological polar surface area (TPSA) is 29.5 Å². The van der Waals surface area contributed by atoms with Gasteiger partial charge in [0.1, 0.15) is 7.05 Å². The van der Waals surface area contributed by atoms with Crippen molar-refractivity contribution in [2.45, 2.75) is 6.92 Å². The molecule has 0 unspecified atom stereocenters. The molecule has 0 fully saturated rings. The predicted octanol–water partition coefficient (Wildman–Crippen LogP) is 4.03. The highest BCUT2D eigenvalue weighted by molar-refractivity contribution is 5.70. The van der Waals surface area contributed by atoms with Crippen LogP contribution in [0.5, 0.6) is 5.75 Å². The number of aromatic nitrogens is 1. The number of benzene rings is 2. The minimum absolute atomic E-state index is 0.809. The molecule has 4 nitrogen and oxygen atoms in total. The molecule has 0 N–H and O–H groups in total. The summed E-state index contributed by atoms with van der Waals surface area (Å²) in [7, 11) is 4.01. The molecule has 24 heavy (non-hydrogen) atoms. The Kier molecular flexibility index (Phi) is 3.38. The molecule has 0 aliphatic carbocycles. The molecule has 4 rings (SSSR count). The van der Waals surface area contributed by atoms with Crippen LogP contribution in [0.4, 0.5) is 5.69 Å². The van der Waals surface area contributed by atoms with Crippen LogP contribution in [0.15, 0.2) is 70.5 Å². The predicted molar refractivity (Wildman–Crippen MR) is 94.6 cm³/mol. The Morgan fingerprint density at radius 2 is 1.83 bits per heavy atom. The van der Waals surface area contributed by atoms with Gasteiger partial charge in [0.2, 0.25) is 11.5 Å². The number of allylic oxidation sites excluding steroid dienone is 2. The average molecular weight is 319 g/mol. The third-order valence-electron chi connectivity index (χ3n) is 4.25. The van der Waals surface area contributed by atoms with E-state index in [1.54, 1.807) is 0 Å². The van der Waals surface area contributed by atoms with E-state index in [2.05, 4.69) is 12.1 Å². The van der Waals surface area contributed by atoms with Crippen molar-refractivity contribution in [3.05, 3.63) is 72.0 Å². The molecular weight excluding hydrogens is 300 g/mol. The molecule has 0 radical (unpaired) electrons. The fraction of sp³-hybridized carbons (Fsp3) is 0.150. The molecule has 3 aromatic rings. The zero-order chi connectivity index (χ0) is 16.7. The van der Waals surface area contributed by atoms with E-state index in [0.29, 0.717) is 0 Å². The van der Waals surface area contributed by atoms with Gasteiger partial charge in [-0.3, -0.25) is 0 Å². The quantitative estimate of drug-likeness (QED) is 0.668. The molecule has 1 aliphatic rings. The summed E-state index contributed by atoms with van der Waals surface area (Å²) < 4.78 is 13.9. The van der Waals surface area contributed by atoms with Crippen molar-refractivity contribution in [2.24, 2.45) is 7.05 Å². The van der Waals surface area contributed by atoms with Crippen LogP contribution >= 0.6 is 0 Å². The van der Waals surface area contributed by atoms with Gasteiger partial charge in [0.15, 0.2) is 5.75 Å². The molecule has 0 saturated heterocycles. The summed E-state index contributed by atoms with van der Waals surface area (Å²) >= 11 is 0. The Morgan fingerprint density at radius 1 is 1.08 bits per heavy atom. The third kappa shape index (κ3) is 2.36. The van der Waals surface area contributed by atoms with E-state index in [1.165, 1.54) is 0 Å². The molecule has 0 saturated carbocycles. The number of oxazole rings is 1. The third-order valence-corrected chi connectivity index (χ3v) is 4.25. The fourth-order valence-electron chi connectivity index (χ4n) is 2.92. The smallest absolute Gasteiger partial charge is 0.374 e. The molecule has 0 amide bonds. The number of hydrogen-bond acceptors (Lipinski definition) is 3. The van der Waals surface area contributed by atoms with E-state index in [0.717, 1.165) is 39.9 Å². The van der Waals surface area contributed by atoms with Crippen LogP contribution < -0.4 is 14.2 Å². The Balaban J connectivity index is 1.67. The molecule has 120 valence electrons. The summed E-state index contributed by atoms with van der Waals surface area (Å²) in [5, 5.41) is 0. The minimum atomic E-state index is 0.809. The maximum Gasteiger partial charge on any atom is 0.374 e. The van der Waals surface area contributed by atoms with Crippen LogP contribution in [0.1, 0.15) is 12.8 Å². The molecule has 4 heteroatoms. The van der Waals surface area contributed by atoms with Crippen molar-refractivity contribution in [2.75, 3.05) is 11.9 Å². The highest BCUT2D eigenvalue weighted by atomic mass is 16.5. The number of anilines is 1. The highest BCUT2D eigenvalue weighted by Crippen LogP contribution is 2.37. The summed E-state index contributed by atoms with van der Waals surface area (Å²) in [4.78, 5) is 2.05. The molecule has 1 aliphatic heterocycles. The molecule has 0 atom stereocenters. The van der Waals surface area contributed by atoms with Crippen molar-refractivity contribution in [3.63, 3.8) is 0 Å². The maximum atomic E-state index is 5.93. The average Bonchev–Trinajstić information content (AvgIpc) is 3.06. The van der Waals surface area contributed by atoms with Gasteiger partial charge < -0.3 is 14.1 Å². The van der Waals surface area contributed by atoms with E-state index in [1.807, 2.05) is 79.0 Å². The van der Waals surface area contributed by atoms with Crippen molar-refractivity contribution in [3.8, 4) is 5.75 Å². The Labute approximate surface area is 140 Å². The van der Waals surface area contributed by atoms with Gasteiger partial charge in [-0.2, -0.15) is 4.57 Å². The first-order valence-corrected chi connectivity index (χ1v) is 7.91. The van der Waals surface area contributed by atoms with Crippen LogP contribution in [-0.4, -0.2) is 7.05 Å². The SMILES string of the molecule is CC(=Cc1oc2ccccc2[n+]1C)C=C1Oc2ccccc2N1C. The second kappa shape index (κ2) is 5.57. The molecule has 1 aromatic heterocycles. The second-order valence-electron chi connectivity index (χ2n) is 5.97. The zero-order valence-corrected chi connectivity index (χ0v) is 14.0. The number of rotatable bonds is 2. The first-order valence-electron chi connectivity index (χ1n) is 7.91. The van der Waals surface area contributed by atoms with Crippen molar-refractivity contribution in [1.82, 2.24) is 0 Å². The lowest BCUT2D eigenvalue weighted by Crippen LogP contribution is -2.29. The fourth-order valence-corrected chi connectivity index (χ4v) is 2.92. The number of para-hydroxylation sites is 4. The first-order chi connectivity index (χ1) is 11.6. The van der Waals surface area contributed by atoms with Crippen LogP contribution in [0.2, 0.25) is 0 Å². The van der Waals surface area contributed by atoms with Crippen molar-refractivity contribution < 1.29 is 13.7 Å². The number of hydrogen-bond donors (Lipinski definition) is 0. The largest absolute Gasteiger partial charge is 0.439 e. The van der Waals surface area contributed by atoms with Gasteiger partial charge in [-0.1, -0.05) is 24.3 Å². The monoisotopic (exact) mass is 319 g/mol. The number of nitrogens with zero attached hydrogens (tertiary/aromatic N) is 2. The van der Waals surface area contributed by atoms with Gasteiger partial charge in [0.05, 0.1) is 11.8 Å². The van der Waals surface area contributed by atoms with Gasteiger partial charge >= 0.3 is 5.89 Å². The summed E-state index contributed by atoms with van der Waals surface area (Å²) in [6.45, 7) is 2.04. The molecule has 2 heterocycles. The van der Waals surface area contributed by atoms with E-state index in [9.17, 15) is 0 Å². The van der Waals surface area contributed by atoms with E-state index < -0.39 is 0 Å². The Morgan fingerprint density at radius 3 is 2.62 bits per heavy atom. The standard InChI is InChI=1S/C20H19N2O2/c1-14(12-19-21(2)15-8-4-6-10-17(15)23-19)13-20-22(3)16-9-5-7-11-18(16)24-20/h4-13H,1-3H3/q+1. The Hall–Kier alpha value is -3.01. The van der Waals surface area contributed by atoms with Gasteiger partial charge in [-0.25, -0.2) is 0 Å². The van der Waals surface area contributed by atoms with Gasteiger partial charge in [-0.05, 0) is 30.7 Å². The summed E-state index contributed by atoms with van der Waals surface area (Å²) in [6.07, 6.45) is 4.04. The lowest BCUT2D eigenvalue weighted by Gasteiger charge is -2.10. The zero-order valence-electron chi connectivity index (χ0n) is 14.0. The second-order valence-corrected chi connectivity index (χ2v) is 5.97. The van der Waals surface area contributed by atoms with Crippen LogP contribution in [0.3, 0.4) is 0 Å². The lowest BCUT2D eigenvalue weighted by molar-refractivity contribution is -0.652. The summed E-state index contributed by atoms with van der Waals surface area (Å²) in [5.74, 6) is 2.50. The van der Waals surface area contributed by atoms with E-state index >= 15 is 0 Å². The normalized spacial score (nSPS) is 15.9. The van der Waals surface area contributed by atoms with E-state index in [-0.39, 0.29) is 0 Å². The summed E-state index contributed by atoms with van der Waals surface area (Å²) in [6, 6.07) is 16.0. The van der Waals surface area contributed by atoms with Crippen molar-refractivity contribution >= 4 is 22.9 Å². The lowest BCUT2D eigenvalue weighted by atomic mass is 10.2. The highest BCUT2D eigenvalue weighted by Gasteiger charge is 2.22. The number of aryl methyl sites for hydroxylation is 1. The minimum Gasteiger partial charge on any atom is -0.439 e. The number of fused-ring (bicyclic) bond motifs is 2. The molecule has 0 bridgehead atoms. The number of ether oxygens (including phenoxy) is 1. The molecular formula is C20H19N2O2+. The van der Waals surface area contributed by atoms with E-state index in [4.69, 9.17) is 9.15 Å². The van der Waals surface area contributed by atoms with Crippen LogP contribution in [0.25, 0.3) is 17.2 Å². The summed E-state index contributed by atoms with van der Waals surface area (Å²) in [5.41, 5.74) is 4.09. The first kappa shape index (κ1) is 14.6. The Bertz CT molecular complexity index is 982. The van der Waals surface area contributed by atoms with Gasteiger partial charge in [0.25, 0.3) is 5.52 Å². The molecule has 2 aromatic carbocycles. The van der Waals surface area contributed by atoms with Crippen LogP contribution in [0, 0.1) is 0 Å².